The largest absolute Gasteiger partial charge is 0.493 e. The predicted octanol–water partition coefficient (Wildman–Crippen LogP) is 3.41. The number of aryl methyl sites for hydroxylation is 1. The van der Waals surface area contributed by atoms with Crippen LogP contribution in [0.2, 0.25) is 0 Å². The molecule has 2 fully saturated rings. The fourth-order valence-corrected chi connectivity index (χ4v) is 4.45. The Hall–Kier alpha value is -1.75. The number of hydrogen-bond acceptors (Lipinski definition) is 4. The molecular weight excluding hydrogens is 340 g/mol. The molecule has 0 spiro atoms. The number of carbonyl (C=O) groups is 1. The molecule has 5 heteroatoms. The number of ether oxygens (including phenoxy) is 2. The summed E-state index contributed by atoms with van der Waals surface area (Å²) in [6, 6.07) is 6.50. The minimum Gasteiger partial charge on any atom is -0.493 e. The fourth-order valence-electron chi connectivity index (χ4n) is 4.45. The van der Waals surface area contributed by atoms with E-state index in [1.165, 1.54) is 12.0 Å². The summed E-state index contributed by atoms with van der Waals surface area (Å²) in [5.41, 5.74) is 1.24. The molecule has 5 nitrogen and oxygen atoms in total. The number of amides is 1. The zero-order valence-electron chi connectivity index (χ0n) is 16.8. The van der Waals surface area contributed by atoms with E-state index < -0.39 is 0 Å². The molecule has 0 radical (unpaired) electrons. The highest BCUT2D eigenvalue weighted by Crippen LogP contribution is 2.29. The zero-order valence-corrected chi connectivity index (χ0v) is 16.8. The Kier molecular flexibility index (Phi) is 7.39. The van der Waals surface area contributed by atoms with E-state index in [2.05, 4.69) is 22.3 Å². The Bertz CT molecular complexity index is 614. The smallest absolute Gasteiger partial charge is 0.223 e. The number of hydrogen-bond donors (Lipinski definition) is 1. The standard InChI is InChI=1S/C22H34N2O3/c1-26-20-9-7-17(15-21(20)27-2)6-8-19-5-3-4-14-24(19)22(25)16-18-10-12-23-13-11-18/h7,9,15,18-19,23H,3-6,8,10-14,16H2,1-2H3. The Morgan fingerprint density at radius 2 is 1.89 bits per heavy atom. The van der Waals surface area contributed by atoms with E-state index in [4.69, 9.17) is 9.47 Å². The molecule has 1 atom stereocenters. The van der Waals surface area contributed by atoms with Crippen LogP contribution in [0.1, 0.15) is 50.5 Å². The van der Waals surface area contributed by atoms with E-state index in [1.54, 1.807) is 14.2 Å². The lowest BCUT2D eigenvalue weighted by molar-refractivity contribution is -0.136. The van der Waals surface area contributed by atoms with Gasteiger partial charge >= 0.3 is 0 Å². The number of carbonyl (C=O) groups excluding carboxylic acids is 1. The molecule has 150 valence electrons. The maximum atomic E-state index is 12.9. The molecule has 0 bridgehead atoms. The molecule has 1 unspecified atom stereocenters. The molecule has 3 rings (SSSR count). The van der Waals surface area contributed by atoms with Crippen LogP contribution < -0.4 is 14.8 Å². The molecule has 2 saturated heterocycles. The average Bonchev–Trinajstić information content (AvgIpc) is 2.73. The number of rotatable bonds is 7. The van der Waals surface area contributed by atoms with Crippen LogP contribution >= 0.6 is 0 Å². The topological polar surface area (TPSA) is 50.8 Å². The van der Waals surface area contributed by atoms with Gasteiger partial charge in [0.1, 0.15) is 0 Å². The normalized spacial score (nSPS) is 21.1. The second kappa shape index (κ2) is 9.98. The molecular formula is C22H34N2O3. The van der Waals surface area contributed by atoms with Crippen molar-refractivity contribution in [1.29, 1.82) is 0 Å². The SMILES string of the molecule is COc1ccc(CCC2CCCCN2C(=O)CC2CCNCC2)cc1OC. The van der Waals surface area contributed by atoms with E-state index in [1.807, 2.05) is 6.07 Å². The van der Waals surface area contributed by atoms with Crippen LogP contribution in [0.4, 0.5) is 0 Å². The summed E-state index contributed by atoms with van der Waals surface area (Å²) in [5.74, 6) is 2.47. The van der Waals surface area contributed by atoms with E-state index in [-0.39, 0.29) is 0 Å². The lowest BCUT2D eigenvalue weighted by Gasteiger charge is -2.37. The van der Waals surface area contributed by atoms with Gasteiger partial charge in [-0.15, -0.1) is 0 Å². The van der Waals surface area contributed by atoms with E-state index in [0.29, 0.717) is 17.9 Å². The number of nitrogens with one attached hydrogen (secondary N) is 1. The van der Waals surface area contributed by atoms with Gasteiger partial charge in [-0.2, -0.15) is 0 Å². The van der Waals surface area contributed by atoms with Gasteiger partial charge in [0.05, 0.1) is 14.2 Å². The summed E-state index contributed by atoms with van der Waals surface area (Å²) in [4.78, 5) is 15.1. The van der Waals surface area contributed by atoms with E-state index in [9.17, 15) is 4.79 Å². The van der Waals surface area contributed by atoms with Gasteiger partial charge in [0.25, 0.3) is 0 Å². The van der Waals surface area contributed by atoms with Gasteiger partial charge < -0.3 is 19.7 Å². The molecule has 27 heavy (non-hydrogen) atoms. The Labute approximate surface area is 163 Å². The highest BCUT2D eigenvalue weighted by molar-refractivity contribution is 5.77. The van der Waals surface area contributed by atoms with Crippen molar-refractivity contribution >= 4 is 5.91 Å². The van der Waals surface area contributed by atoms with Gasteiger partial charge in [0.15, 0.2) is 11.5 Å². The zero-order chi connectivity index (χ0) is 19.1. The van der Waals surface area contributed by atoms with Crippen molar-refractivity contribution in [3.8, 4) is 11.5 Å². The predicted molar refractivity (Wildman–Crippen MR) is 107 cm³/mol. The molecule has 1 aromatic carbocycles. The Morgan fingerprint density at radius 3 is 2.63 bits per heavy atom. The summed E-state index contributed by atoms with van der Waals surface area (Å²) < 4.78 is 10.7. The molecule has 1 aromatic rings. The molecule has 0 saturated carbocycles. The molecule has 1 N–H and O–H groups in total. The van der Waals surface area contributed by atoms with Gasteiger partial charge in [0, 0.05) is 19.0 Å². The molecule has 1 amide bonds. The third-order valence-electron chi connectivity index (χ3n) is 6.08. The monoisotopic (exact) mass is 374 g/mol. The summed E-state index contributed by atoms with van der Waals surface area (Å²) in [6.07, 6.45) is 8.49. The van der Waals surface area contributed by atoms with E-state index in [0.717, 1.165) is 76.1 Å². The van der Waals surface area contributed by atoms with Crippen LogP contribution in [0.3, 0.4) is 0 Å². The van der Waals surface area contributed by atoms with Gasteiger partial charge in [-0.25, -0.2) is 0 Å². The average molecular weight is 375 g/mol. The van der Waals surface area contributed by atoms with E-state index >= 15 is 0 Å². The maximum absolute atomic E-state index is 12.9. The third kappa shape index (κ3) is 5.38. The number of methoxy groups -OCH3 is 2. The van der Waals surface area contributed by atoms with Crippen LogP contribution in [-0.4, -0.2) is 50.7 Å². The van der Waals surface area contributed by atoms with Crippen molar-refractivity contribution < 1.29 is 14.3 Å². The minimum absolute atomic E-state index is 0.374. The van der Waals surface area contributed by atoms with Gasteiger partial charge in [0.2, 0.25) is 5.91 Å². The van der Waals surface area contributed by atoms with Crippen molar-refractivity contribution in [2.75, 3.05) is 33.9 Å². The van der Waals surface area contributed by atoms with Gasteiger partial charge in [-0.05, 0) is 81.6 Å². The van der Waals surface area contributed by atoms with Crippen molar-refractivity contribution in [2.45, 2.75) is 57.4 Å². The number of piperidine rings is 2. The summed E-state index contributed by atoms with van der Waals surface area (Å²) in [5, 5.41) is 3.39. The van der Waals surface area contributed by atoms with Crippen molar-refractivity contribution in [3.63, 3.8) is 0 Å². The highest BCUT2D eigenvalue weighted by Gasteiger charge is 2.28. The van der Waals surface area contributed by atoms with Gasteiger partial charge in [-0.3, -0.25) is 4.79 Å². The molecule has 2 aliphatic rings. The lowest BCUT2D eigenvalue weighted by atomic mass is 9.91. The van der Waals surface area contributed by atoms with Crippen LogP contribution in [0.15, 0.2) is 18.2 Å². The quantitative estimate of drug-likeness (QED) is 0.795. The van der Waals surface area contributed by atoms with Crippen LogP contribution in [0.25, 0.3) is 0 Å². The highest BCUT2D eigenvalue weighted by atomic mass is 16.5. The second-order valence-electron chi connectivity index (χ2n) is 7.86. The molecule has 2 aliphatic heterocycles. The molecule has 2 heterocycles. The first-order chi connectivity index (χ1) is 13.2. The maximum Gasteiger partial charge on any atom is 0.223 e. The molecule has 0 aliphatic carbocycles. The van der Waals surface area contributed by atoms with Crippen molar-refractivity contribution in [1.82, 2.24) is 10.2 Å². The fraction of sp³-hybridized carbons (Fsp3) is 0.682. The van der Waals surface area contributed by atoms with Crippen LogP contribution in [0.5, 0.6) is 11.5 Å². The lowest BCUT2D eigenvalue weighted by Crippen LogP contribution is -2.45. The summed E-state index contributed by atoms with van der Waals surface area (Å²) in [6.45, 7) is 3.04. The summed E-state index contributed by atoms with van der Waals surface area (Å²) >= 11 is 0. The molecule has 0 aromatic heterocycles. The first-order valence-electron chi connectivity index (χ1n) is 10.4. The first kappa shape index (κ1) is 20.0. The summed E-state index contributed by atoms with van der Waals surface area (Å²) in [7, 11) is 3.33. The van der Waals surface area contributed by atoms with Crippen molar-refractivity contribution in [3.05, 3.63) is 23.8 Å². The Morgan fingerprint density at radius 1 is 1.11 bits per heavy atom. The number of nitrogens with zero attached hydrogens (tertiary/aromatic N) is 1. The van der Waals surface area contributed by atoms with Crippen LogP contribution in [0, 0.1) is 5.92 Å². The first-order valence-corrected chi connectivity index (χ1v) is 10.4. The number of likely N-dealkylation sites (tertiary alicyclic amines) is 1. The second-order valence-corrected chi connectivity index (χ2v) is 7.86. The van der Waals surface area contributed by atoms with Crippen LogP contribution in [-0.2, 0) is 11.2 Å². The minimum atomic E-state index is 0.374. The van der Waals surface area contributed by atoms with Crippen molar-refractivity contribution in [2.24, 2.45) is 5.92 Å². The Balaban J connectivity index is 1.57. The third-order valence-corrected chi connectivity index (χ3v) is 6.08. The van der Waals surface area contributed by atoms with Gasteiger partial charge in [-0.1, -0.05) is 6.07 Å². The number of benzene rings is 1.